The van der Waals surface area contributed by atoms with Crippen LogP contribution in [0.1, 0.15) is 34.3 Å². The maximum Gasteiger partial charge on any atom is 0.253 e. The first-order valence-corrected chi connectivity index (χ1v) is 6.59. The highest BCUT2D eigenvalue weighted by molar-refractivity contribution is 5.94. The van der Waals surface area contributed by atoms with Crippen LogP contribution in [0.3, 0.4) is 0 Å². The predicted molar refractivity (Wildman–Crippen MR) is 71.6 cm³/mol. The number of piperidine rings is 1. The van der Waals surface area contributed by atoms with Gasteiger partial charge in [0.2, 0.25) is 0 Å². The van der Waals surface area contributed by atoms with Gasteiger partial charge < -0.3 is 10.0 Å². The first-order chi connectivity index (χ1) is 8.61. The number of likely N-dealkylation sites (tertiary alicyclic amines) is 1. The number of hydrogen-bond acceptors (Lipinski definition) is 2. The maximum absolute atomic E-state index is 12.4. The zero-order valence-corrected chi connectivity index (χ0v) is 11.1. The number of nitrogens with zero attached hydrogens (tertiary/aromatic N) is 1. The Morgan fingerprint density at radius 1 is 1.39 bits per heavy atom. The largest absolute Gasteiger partial charge is 0.396 e. The lowest BCUT2D eigenvalue weighted by Crippen LogP contribution is -2.40. The molecule has 0 radical (unpaired) electrons. The lowest BCUT2D eigenvalue weighted by molar-refractivity contribution is 0.0620. The quantitative estimate of drug-likeness (QED) is 0.870. The van der Waals surface area contributed by atoms with Crippen molar-refractivity contribution in [2.24, 2.45) is 5.92 Å². The van der Waals surface area contributed by atoms with Crippen molar-refractivity contribution in [1.82, 2.24) is 4.90 Å². The van der Waals surface area contributed by atoms with Gasteiger partial charge in [-0.15, -0.1) is 0 Å². The Morgan fingerprint density at radius 3 is 2.83 bits per heavy atom. The maximum atomic E-state index is 12.4. The number of aryl methyl sites for hydroxylation is 2. The fourth-order valence-corrected chi connectivity index (χ4v) is 2.46. The van der Waals surface area contributed by atoms with Crippen molar-refractivity contribution in [1.29, 1.82) is 0 Å². The molecule has 1 aromatic rings. The van der Waals surface area contributed by atoms with Crippen molar-refractivity contribution in [3.05, 3.63) is 34.9 Å². The van der Waals surface area contributed by atoms with Crippen LogP contribution in [0.2, 0.25) is 0 Å². The van der Waals surface area contributed by atoms with Crippen LogP contribution in [0.15, 0.2) is 18.2 Å². The van der Waals surface area contributed by atoms with Gasteiger partial charge in [-0.05, 0) is 55.9 Å². The summed E-state index contributed by atoms with van der Waals surface area (Å²) in [5.74, 6) is 0.338. The number of hydrogen-bond donors (Lipinski definition) is 1. The molecule has 0 aliphatic carbocycles. The van der Waals surface area contributed by atoms with Gasteiger partial charge in [0.25, 0.3) is 5.91 Å². The summed E-state index contributed by atoms with van der Waals surface area (Å²) in [6.07, 6.45) is 2.01. The molecule has 0 bridgehead atoms. The van der Waals surface area contributed by atoms with Gasteiger partial charge in [-0.3, -0.25) is 4.79 Å². The molecular weight excluding hydrogens is 226 g/mol. The Kier molecular flexibility index (Phi) is 4.02. The number of carbonyl (C=O) groups excluding carboxylic acids is 1. The van der Waals surface area contributed by atoms with Gasteiger partial charge in [0, 0.05) is 25.3 Å². The molecule has 2 rings (SSSR count). The van der Waals surface area contributed by atoms with Gasteiger partial charge in [-0.2, -0.15) is 0 Å². The van der Waals surface area contributed by atoms with Crippen LogP contribution in [0.25, 0.3) is 0 Å². The molecule has 3 heteroatoms. The summed E-state index contributed by atoms with van der Waals surface area (Å²) in [6.45, 7) is 5.74. The molecule has 0 aromatic heterocycles. The van der Waals surface area contributed by atoms with Crippen LogP contribution in [0.4, 0.5) is 0 Å². The first-order valence-electron chi connectivity index (χ1n) is 6.59. The molecule has 1 saturated heterocycles. The minimum Gasteiger partial charge on any atom is -0.396 e. The number of aliphatic hydroxyl groups is 1. The van der Waals surface area contributed by atoms with Crippen molar-refractivity contribution in [2.75, 3.05) is 19.7 Å². The van der Waals surface area contributed by atoms with E-state index >= 15 is 0 Å². The highest BCUT2D eigenvalue weighted by atomic mass is 16.3. The summed E-state index contributed by atoms with van der Waals surface area (Å²) in [5.41, 5.74) is 3.12. The molecule has 1 atom stereocenters. The predicted octanol–water partition coefficient (Wildman–Crippen LogP) is 2.15. The van der Waals surface area contributed by atoms with E-state index in [4.69, 9.17) is 0 Å². The van der Waals surface area contributed by atoms with Gasteiger partial charge in [-0.25, -0.2) is 0 Å². The highest BCUT2D eigenvalue weighted by Crippen LogP contribution is 2.19. The standard InChI is InChI=1S/C15H21NO2/c1-11-5-6-14(8-12(11)2)15(18)16-7-3-4-13(9-16)10-17/h5-6,8,13,17H,3-4,7,9-10H2,1-2H3. The number of aliphatic hydroxyl groups excluding tert-OH is 1. The Bertz CT molecular complexity index is 442. The second-order valence-electron chi connectivity index (χ2n) is 5.24. The van der Waals surface area contributed by atoms with Gasteiger partial charge >= 0.3 is 0 Å². The average Bonchev–Trinajstić information content (AvgIpc) is 2.41. The van der Waals surface area contributed by atoms with E-state index in [0.717, 1.165) is 30.5 Å². The molecule has 1 N–H and O–H groups in total. The van der Waals surface area contributed by atoms with Gasteiger partial charge in [0.1, 0.15) is 0 Å². The van der Waals surface area contributed by atoms with Gasteiger partial charge in [0.15, 0.2) is 0 Å². The summed E-state index contributed by atoms with van der Waals surface area (Å²) < 4.78 is 0. The van der Waals surface area contributed by atoms with Crippen LogP contribution in [0, 0.1) is 19.8 Å². The van der Waals surface area contributed by atoms with Crippen LogP contribution in [0.5, 0.6) is 0 Å². The molecule has 1 aromatic carbocycles. The van der Waals surface area contributed by atoms with Crippen molar-refractivity contribution in [2.45, 2.75) is 26.7 Å². The Hall–Kier alpha value is -1.35. The third kappa shape index (κ3) is 2.72. The van der Waals surface area contributed by atoms with Crippen molar-refractivity contribution in [3.63, 3.8) is 0 Å². The van der Waals surface area contributed by atoms with Crippen LogP contribution < -0.4 is 0 Å². The lowest BCUT2D eigenvalue weighted by Gasteiger charge is -2.32. The van der Waals surface area contributed by atoms with E-state index in [2.05, 4.69) is 0 Å². The third-order valence-corrected chi connectivity index (χ3v) is 3.82. The zero-order valence-electron chi connectivity index (χ0n) is 11.1. The van der Waals surface area contributed by atoms with E-state index in [1.807, 2.05) is 36.9 Å². The summed E-state index contributed by atoms with van der Waals surface area (Å²) in [6, 6.07) is 5.85. The lowest BCUT2D eigenvalue weighted by atomic mass is 9.98. The molecule has 0 spiro atoms. The summed E-state index contributed by atoms with van der Waals surface area (Å²) >= 11 is 0. The molecule has 3 nitrogen and oxygen atoms in total. The molecule has 0 saturated carbocycles. The van der Waals surface area contributed by atoms with E-state index in [1.165, 1.54) is 5.56 Å². The molecule has 1 unspecified atom stereocenters. The molecule has 18 heavy (non-hydrogen) atoms. The second kappa shape index (κ2) is 5.53. The minimum absolute atomic E-state index is 0.0938. The third-order valence-electron chi connectivity index (χ3n) is 3.82. The normalized spacial score (nSPS) is 19.9. The first kappa shape index (κ1) is 13.1. The van der Waals surface area contributed by atoms with Crippen LogP contribution in [-0.2, 0) is 0 Å². The molecule has 1 aliphatic heterocycles. The number of benzene rings is 1. The fourth-order valence-electron chi connectivity index (χ4n) is 2.46. The Labute approximate surface area is 108 Å². The van der Waals surface area contributed by atoms with E-state index < -0.39 is 0 Å². The van der Waals surface area contributed by atoms with Gasteiger partial charge in [-0.1, -0.05) is 6.07 Å². The average molecular weight is 247 g/mol. The van der Waals surface area contributed by atoms with Crippen molar-refractivity contribution in [3.8, 4) is 0 Å². The number of rotatable bonds is 2. The van der Waals surface area contributed by atoms with E-state index in [-0.39, 0.29) is 18.4 Å². The minimum atomic E-state index is 0.0938. The summed E-state index contributed by atoms with van der Waals surface area (Å²) in [5, 5.41) is 9.20. The van der Waals surface area contributed by atoms with Crippen LogP contribution >= 0.6 is 0 Å². The number of amides is 1. The molecule has 1 fully saturated rings. The second-order valence-corrected chi connectivity index (χ2v) is 5.24. The topological polar surface area (TPSA) is 40.5 Å². The van der Waals surface area contributed by atoms with Gasteiger partial charge in [0.05, 0.1) is 0 Å². The molecule has 1 heterocycles. The Balaban J connectivity index is 2.12. The number of carbonyl (C=O) groups is 1. The zero-order chi connectivity index (χ0) is 13.1. The highest BCUT2D eigenvalue weighted by Gasteiger charge is 2.23. The molecular formula is C15H21NO2. The van der Waals surface area contributed by atoms with Crippen LogP contribution in [-0.4, -0.2) is 35.6 Å². The van der Waals surface area contributed by atoms with E-state index in [9.17, 15) is 9.90 Å². The smallest absolute Gasteiger partial charge is 0.253 e. The molecule has 1 amide bonds. The molecule has 98 valence electrons. The summed E-state index contributed by atoms with van der Waals surface area (Å²) in [7, 11) is 0. The van der Waals surface area contributed by atoms with E-state index in [1.54, 1.807) is 0 Å². The van der Waals surface area contributed by atoms with E-state index in [0.29, 0.717) is 6.54 Å². The fraction of sp³-hybridized carbons (Fsp3) is 0.533. The summed E-state index contributed by atoms with van der Waals surface area (Å²) in [4.78, 5) is 14.2. The monoisotopic (exact) mass is 247 g/mol. The van der Waals surface area contributed by atoms with Crippen molar-refractivity contribution < 1.29 is 9.90 Å². The van der Waals surface area contributed by atoms with Crippen molar-refractivity contribution >= 4 is 5.91 Å². The molecule has 1 aliphatic rings. The SMILES string of the molecule is Cc1ccc(C(=O)N2CCCC(CO)C2)cc1C. The Morgan fingerprint density at radius 2 is 2.17 bits per heavy atom.